The number of hydrogen-bond acceptors (Lipinski definition) is 8. The number of amides is 6. The number of carbonyl (C=O) groups excluding carboxylic acids is 7. The molecular formula is C43H56N6O8. The first-order chi connectivity index (χ1) is 27.3. The quantitative estimate of drug-likeness (QED) is 0.341. The molecule has 0 spiro atoms. The number of fused-ring (bicyclic) bond motifs is 3. The molecule has 0 aromatic heterocycles. The summed E-state index contributed by atoms with van der Waals surface area (Å²) < 4.78 is 5.98. The largest absolute Gasteiger partial charge is 0.458 e. The van der Waals surface area contributed by atoms with Gasteiger partial charge in [-0.15, -0.1) is 0 Å². The van der Waals surface area contributed by atoms with Crippen molar-refractivity contribution in [3.8, 4) is 0 Å². The van der Waals surface area contributed by atoms with Crippen LogP contribution in [0.2, 0.25) is 0 Å². The molecule has 4 saturated heterocycles. The number of rotatable bonds is 8. The van der Waals surface area contributed by atoms with Gasteiger partial charge in [-0.1, -0.05) is 68.4 Å². The van der Waals surface area contributed by atoms with Crippen LogP contribution < -0.4 is 16.0 Å². The molecule has 3 N–H and O–H groups in total. The highest BCUT2D eigenvalue weighted by atomic mass is 16.5. The Morgan fingerprint density at radius 1 is 0.789 bits per heavy atom. The zero-order valence-corrected chi connectivity index (χ0v) is 33.4. The number of esters is 1. The van der Waals surface area contributed by atoms with Crippen LogP contribution in [-0.4, -0.2) is 118 Å². The van der Waals surface area contributed by atoms with Crippen molar-refractivity contribution in [3.63, 3.8) is 0 Å². The van der Waals surface area contributed by atoms with E-state index in [1.807, 2.05) is 68.4 Å². The van der Waals surface area contributed by atoms with Crippen molar-refractivity contribution < 1.29 is 38.3 Å². The molecule has 2 aromatic rings. The molecule has 306 valence electrons. The van der Waals surface area contributed by atoms with Gasteiger partial charge in [-0.3, -0.25) is 28.8 Å². The number of nitrogens with zero attached hydrogens (tertiary/aromatic N) is 3. The van der Waals surface area contributed by atoms with Crippen LogP contribution in [0, 0.1) is 5.92 Å². The molecule has 0 radical (unpaired) electrons. The van der Waals surface area contributed by atoms with E-state index in [1.165, 1.54) is 21.6 Å². The SMILES string of the molecule is CCc1cccc(CC(=O)N[C@@H](Cc2ccccc2)C(=O)N[C@@H]2C(=O)N3CCC[C@H]3C(=O)N3CCCC[C@H]3C(=O)N[C@@H](C)C(=O)N3C[C@H](C)C[C@H]3C(=O)O[C@H]2C)c1. The van der Waals surface area contributed by atoms with Gasteiger partial charge < -0.3 is 35.4 Å². The summed E-state index contributed by atoms with van der Waals surface area (Å²) in [5.41, 5.74) is 2.64. The lowest BCUT2D eigenvalue weighted by atomic mass is 9.99. The summed E-state index contributed by atoms with van der Waals surface area (Å²) in [5.74, 6) is -3.75. The molecule has 6 rings (SSSR count). The number of benzene rings is 2. The first kappa shape index (κ1) is 41.4. The maximum atomic E-state index is 14.7. The number of carbonyl (C=O) groups is 7. The highest BCUT2D eigenvalue weighted by molar-refractivity contribution is 5.98. The molecule has 57 heavy (non-hydrogen) atoms. The van der Waals surface area contributed by atoms with Crippen LogP contribution in [0.5, 0.6) is 0 Å². The Labute approximate surface area is 334 Å². The summed E-state index contributed by atoms with van der Waals surface area (Å²) >= 11 is 0. The van der Waals surface area contributed by atoms with Gasteiger partial charge in [0.05, 0.1) is 6.42 Å². The summed E-state index contributed by atoms with van der Waals surface area (Å²) in [6.45, 7) is 7.82. The second kappa shape index (κ2) is 18.3. The smallest absolute Gasteiger partial charge is 0.329 e. The zero-order valence-electron chi connectivity index (χ0n) is 33.4. The molecule has 0 bridgehead atoms. The second-order valence-corrected chi connectivity index (χ2v) is 16.1. The van der Waals surface area contributed by atoms with Gasteiger partial charge in [0.25, 0.3) is 0 Å². The number of aryl methyl sites for hydroxylation is 1. The standard InChI is InChI=1S/C43H56N6O8/c1-5-29-15-11-16-31(22-29)24-36(50)45-32(23-30-13-7-6-8-14-30)38(51)46-37-28(4)57-43(56)35-21-26(2)25-49(35)40(53)27(3)44-39(52)33-17-9-10-19-47(33)41(54)34-18-12-20-48(34)42(37)55/h6-8,11,13-16,22,26-28,32-35,37H,5,9-10,12,17-21,23-25H2,1-4H3,(H,44,52)(H,45,50)(H,46,51)/t26-,27+,28+,32+,33+,34+,35+,37+/m1/s1. The van der Waals surface area contributed by atoms with Gasteiger partial charge in [-0.2, -0.15) is 0 Å². The van der Waals surface area contributed by atoms with Gasteiger partial charge in [-0.05, 0) is 81.4 Å². The zero-order chi connectivity index (χ0) is 40.8. The summed E-state index contributed by atoms with van der Waals surface area (Å²) in [7, 11) is 0. The van der Waals surface area contributed by atoms with Crippen molar-refractivity contribution in [2.45, 2.75) is 128 Å². The average molecular weight is 785 g/mol. The molecule has 14 heteroatoms. The number of cyclic esters (lactones) is 1. The Balaban J connectivity index is 1.32. The molecule has 4 aliphatic heterocycles. The van der Waals surface area contributed by atoms with E-state index >= 15 is 0 Å². The molecule has 8 atom stereocenters. The normalized spacial score (nSPS) is 27.8. The first-order valence-corrected chi connectivity index (χ1v) is 20.5. The van der Waals surface area contributed by atoms with Gasteiger partial charge in [0.15, 0.2) is 0 Å². The van der Waals surface area contributed by atoms with E-state index in [4.69, 9.17) is 4.74 Å². The van der Waals surface area contributed by atoms with Gasteiger partial charge in [-0.25, -0.2) is 4.79 Å². The van der Waals surface area contributed by atoms with Gasteiger partial charge in [0.1, 0.15) is 42.4 Å². The molecule has 0 saturated carbocycles. The summed E-state index contributed by atoms with van der Waals surface area (Å²) in [6.07, 6.45) is 2.69. The molecule has 0 unspecified atom stereocenters. The first-order valence-electron chi connectivity index (χ1n) is 20.5. The molecule has 14 nitrogen and oxygen atoms in total. The number of ether oxygens (including phenoxy) is 1. The molecule has 6 amide bonds. The van der Waals surface area contributed by atoms with E-state index in [0.717, 1.165) is 23.1 Å². The third-order valence-electron chi connectivity index (χ3n) is 11.7. The van der Waals surface area contributed by atoms with Crippen molar-refractivity contribution in [2.75, 3.05) is 19.6 Å². The maximum Gasteiger partial charge on any atom is 0.329 e. The van der Waals surface area contributed by atoms with Crippen LogP contribution in [-0.2, 0) is 57.6 Å². The van der Waals surface area contributed by atoms with Gasteiger partial charge in [0, 0.05) is 26.1 Å². The minimum Gasteiger partial charge on any atom is -0.458 e. The monoisotopic (exact) mass is 784 g/mol. The minimum atomic E-state index is -1.44. The van der Waals surface area contributed by atoms with Crippen molar-refractivity contribution >= 4 is 41.4 Å². The Bertz CT molecular complexity index is 1840. The average Bonchev–Trinajstić information content (AvgIpc) is 3.86. The Hall–Kier alpha value is -5.27. The number of hydrogen-bond donors (Lipinski definition) is 3. The molecular weight excluding hydrogens is 729 g/mol. The Kier molecular flexibility index (Phi) is 13.3. The minimum absolute atomic E-state index is 0.0313. The van der Waals surface area contributed by atoms with Crippen LogP contribution in [0.1, 0.15) is 82.9 Å². The fraction of sp³-hybridized carbons (Fsp3) is 0.558. The molecule has 4 aliphatic rings. The highest BCUT2D eigenvalue weighted by Gasteiger charge is 2.47. The fourth-order valence-corrected chi connectivity index (χ4v) is 8.67. The second-order valence-electron chi connectivity index (χ2n) is 16.1. The highest BCUT2D eigenvalue weighted by Crippen LogP contribution is 2.29. The van der Waals surface area contributed by atoms with Crippen molar-refractivity contribution in [1.29, 1.82) is 0 Å². The topological polar surface area (TPSA) is 175 Å². The molecule has 4 fully saturated rings. The van der Waals surface area contributed by atoms with Crippen molar-refractivity contribution in [3.05, 3.63) is 71.3 Å². The van der Waals surface area contributed by atoms with E-state index in [9.17, 15) is 33.6 Å². The van der Waals surface area contributed by atoms with Crippen LogP contribution in [0.15, 0.2) is 54.6 Å². The lowest BCUT2D eigenvalue weighted by Gasteiger charge is -2.39. The molecule has 2 aromatic carbocycles. The van der Waals surface area contributed by atoms with Gasteiger partial charge >= 0.3 is 5.97 Å². The van der Waals surface area contributed by atoms with Gasteiger partial charge in [0.2, 0.25) is 35.4 Å². The number of nitrogens with one attached hydrogen (secondary N) is 3. The van der Waals surface area contributed by atoms with E-state index in [1.54, 1.807) is 6.92 Å². The predicted molar refractivity (Wildman–Crippen MR) is 210 cm³/mol. The van der Waals surface area contributed by atoms with E-state index in [-0.39, 0.29) is 43.7 Å². The van der Waals surface area contributed by atoms with Crippen molar-refractivity contribution in [2.24, 2.45) is 5.92 Å². The summed E-state index contributed by atoms with van der Waals surface area (Å²) in [4.78, 5) is 103. The third-order valence-corrected chi connectivity index (χ3v) is 11.7. The lowest BCUT2D eigenvalue weighted by Crippen LogP contribution is -2.63. The predicted octanol–water partition coefficient (Wildman–Crippen LogP) is 2.06. The maximum absolute atomic E-state index is 14.7. The number of piperidine rings is 1. The summed E-state index contributed by atoms with van der Waals surface area (Å²) in [5, 5.41) is 8.52. The third kappa shape index (κ3) is 9.65. The van der Waals surface area contributed by atoms with Crippen LogP contribution in [0.3, 0.4) is 0 Å². The van der Waals surface area contributed by atoms with Crippen molar-refractivity contribution in [1.82, 2.24) is 30.7 Å². The van der Waals surface area contributed by atoms with E-state index < -0.39 is 72.0 Å². The van der Waals surface area contributed by atoms with Crippen LogP contribution in [0.25, 0.3) is 0 Å². The molecule has 4 heterocycles. The fourth-order valence-electron chi connectivity index (χ4n) is 8.67. The van der Waals surface area contributed by atoms with Crippen LogP contribution in [0.4, 0.5) is 0 Å². The van der Waals surface area contributed by atoms with E-state index in [0.29, 0.717) is 45.1 Å². The van der Waals surface area contributed by atoms with Crippen LogP contribution >= 0.6 is 0 Å². The van der Waals surface area contributed by atoms with E-state index in [2.05, 4.69) is 16.0 Å². The Morgan fingerprint density at radius 2 is 1.47 bits per heavy atom. The Morgan fingerprint density at radius 3 is 2.23 bits per heavy atom. The summed E-state index contributed by atoms with van der Waals surface area (Å²) in [6, 6.07) is 10.6. The molecule has 0 aliphatic carbocycles. The lowest BCUT2D eigenvalue weighted by molar-refractivity contribution is -0.163.